The molecule has 108 valence electrons. The molecule has 20 heavy (non-hydrogen) atoms. The predicted molar refractivity (Wildman–Crippen MR) is 79.8 cm³/mol. The molecule has 1 aromatic heterocycles. The van der Waals surface area contributed by atoms with Crippen molar-refractivity contribution in [2.24, 2.45) is 0 Å². The topological polar surface area (TPSA) is 20.2 Å². The van der Waals surface area contributed by atoms with Crippen molar-refractivity contribution in [1.29, 1.82) is 0 Å². The van der Waals surface area contributed by atoms with E-state index in [4.69, 9.17) is 0 Å². The third kappa shape index (κ3) is 3.63. The maximum absolute atomic E-state index is 12.8. The van der Waals surface area contributed by atoms with Crippen molar-refractivity contribution in [3.8, 4) is 0 Å². The van der Waals surface area contributed by atoms with Crippen LogP contribution in [0.5, 0.6) is 0 Å². The van der Waals surface area contributed by atoms with Gasteiger partial charge in [0.2, 0.25) is 0 Å². The minimum Gasteiger partial charge on any atom is -0.388 e. The summed E-state index contributed by atoms with van der Waals surface area (Å²) in [6.45, 7) is 0. The SMILES string of the molecule is OC(Cc1sccc1Br)c1ccc(Br)c(C(F)(F)F)c1. The second-order valence-electron chi connectivity index (χ2n) is 4.15. The van der Waals surface area contributed by atoms with E-state index in [1.54, 1.807) is 0 Å². The molecule has 0 radical (unpaired) electrons. The molecule has 0 aliphatic carbocycles. The van der Waals surface area contributed by atoms with Gasteiger partial charge in [0.05, 0.1) is 11.7 Å². The van der Waals surface area contributed by atoms with Gasteiger partial charge in [-0.3, -0.25) is 0 Å². The predicted octanol–water partition coefficient (Wildman–Crippen LogP) is 5.57. The lowest BCUT2D eigenvalue weighted by Crippen LogP contribution is -2.09. The number of aliphatic hydroxyl groups is 1. The van der Waals surface area contributed by atoms with Crippen LogP contribution in [0.25, 0.3) is 0 Å². The number of aliphatic hydroxyl groups excluding tert-OH is 1. The molecule has 2 rings (SSSR count). The summed E-state index contributed by atoms with van der Waals surface area (Å²) in [6.07, 6.45) is -5.14. The monoisotopic (exact) mass is 428 g/mol. The summed E-state index contributed by atoms with van der Waals surface area (Å²) in [5.41, 5.74) is -0.528. The van der Waals surface area contributed by atoms with Crippen molar-refractivity contribution >= 4 is 43.2 Å². The van der Waals surface area contributed by atoms with Gasteiger partial charge in [-0.15, -0.1) is 11.3 Å². The second-order valence-corrected chi connectivity index (χ2v) is 6.86. The van der Waals surface area contributed by atoms with Crippen LogP contribution in [0.4, 0.5) is 13.2 Å². The molecule has 0 spiro atoms. The Morgan fingerprint density at radius 1 is 1.15 bits per heavy atom. The third-order valence-corrected chi connectivity index (χ3v) is 5.39. The van der Waals surface area contributed by atoms with E-state index in [9.17, 15) is 18.3 Å². The fourth-order valence-corrected chi connectivity index (χ4v) is 3.76. The first kappa shape index (κ1) is 16.0. The zero-order valence-electron chi connectivity index (χ0n) is 9.92. The molecule has 1 nitrogen and oxygen atoms in total. The number of hydrogen-bond acceptors (Lipinski definition) is 2. The van der Waals surface area contributed by atoms with Gasteiger partial charge < -0.3 is 5.11 Å². The number of halogens is 5. The van der Waals surface area contributed by atoms with Crippen LogP contribution in [0.2, 0.25) is 0 Å². The Hall–Kier alpha value is -0.370. The molecule has 0 fully saturated rings. The van der Waals surface area contributed by atoms with Crippen LogP contribution in [-0.2, 0) is 12.6 Å². The summed E-state index contributed by atoms with van der Waals surface area (Å²) in [6, 6.07) is 5.63. The molecular formula is C13H9Br2F3OS. The highest BCUT2D eigenvalue weighted by atomic mass is 79.9. The van der Waals surface area contributed by atoms with Gasteiger partial charge in [-0.1, -0.05) is 22.0 Å². The van der Waals surface area contributed by atoms with Gasteiger partial charge in [-0.2, -0.15) is 13.2 Å². The molecule has 0 amide bonds. The third-order valence-electron chi connectivity index (χ3n) is 2.75. The van der Waals surface area contributed by atoms with Crippen molar-refractivity contribution in [3.63, 3.8) is 0 Å². The maximum atomic E-state index is 12.8. The van der Waals surface area contributed by atoms with E-state index in [2.05, 4.69) is 31.9 Å². The Bertz CT molecular complexity index is 610. The Labute approximate surface area is 134 Å². The van der Waals surface area contributed by atoms with Gasteiger partial charge in [-0.25, -0.2) is 0 Å². The first-order chi connectivity index (χ1) is 9.29. The van der Waals surface area contributed by atoms with Crippen LogP contribution in [0, 0.1) is 0 Å². The largest absolute Gasteiger partial charge is 0.417 e. The minimum atomic E-state index is -4.45. The first-order valence-corrected chi connectivity index (χ1v) is 8.02. The van der Waals surface area contributed by atoms with E-state index in [1.807, 2.05) is 11.4 Å². The van der Waals surface area contributed by atoms with Gasteiger partial charge in [0.15, 0.2) is 0 Å². The van der Waals surface area contributed by atoms with Crippen molar-refractivity contribution in [1.82, 2.24) is 0 Å². The Kier molecular flexibility index (Phi) is 4.94. The summed E-state index contributed by atoms with van der Waals surface area (Å²) in [4.78, 5) is 0.897. The molecule has 1 aromatic carbocycles. The quantitative estimate of drug-likeness (QED) is 0.676. The highest BCUT2D eigenvalue weighted by Gasteiger charge is 2.33. The molecule has 2 aromatic rings. The zero-order valence-corrected chi connectivity index (χ0v) is 13.9. The first-order valence-electron chi connectivity index (χ1n) is 5.55. The van der Waals surface area contributed by atoms with E-state index >= 15 is 0 Å². The molecule has 1 atom stereocenters. The molecule has 0 saturated heterocycles. The lowest BCUT2D eigenvalue weighted by molar-refractivity contribution is -0.138. The van der Waals surface area contributed by atoms with E-state index in [0.717, 1.165) is 15.4 Å². The number of rotatable bonds is 3. The fourth-order valence-electron chi connectivity index (χ4n) is 1.73. The Balaban J connectivity index is 2.27. The van der Waals surface area contributed by atoms with Crippen LogP contribution in [0.3, 0.4) is 0 Å². The number of hydrogen-bond donors (Lipinski definition) is 1. The summed E-state index contributed by atoms with van der Waals surface area (Å²) in [5, 5.41) is 12.0. The molecule has 1 heterocycles. The highest BCUT2D eigenvalue weighted by Crippen LogP contribution is 2.37. The number of benzene rings is 1. The Morgan fingerprint density at radius 2 is 1.85 bits per heavy atom. The maximum Gasteiger partial charge on any atom is 0.417 e. The van der Waals surface area contributed by atoms with E-state index in [1.165, 1.54) is 23.5 Å². The summed E-state index contributed by atoms with van der Waals surface area (Å²) < 4.78 is 39.3. The molecule has 0 aliphatic heterocycles. The zero-order chi connectivity index (χ0) is 14.9. The smallest absolute Gasteiger partial charge is 0.388 e. The molecule has 0 aliphatic rings. The lowest BCUT2D eigenvalue weighted by atomic mass is 10.0. The van der Waals surface area contributed by atoms with E-state index in [0.29, 0.717) is 0 Å². The van der Waals surface area contributed by atoms with Crippen LogP contribution in [0.15, 0.2) is 38.6 Å². The van der Waals surface area contributed by atoms with Gasteiger partial charge in [-0.05, 0) is 45.1 Å². The minimum absolute atomic E-state index is 0.0294. The molecule has 0 saturated carbocycles. The van der Waals surface area contributed by atoms with Crippen LogP contribution in [-0.4, -0.2) is 5.11 Å². The standard InChI is InChI=1S/C13H9Br2F3OS/c14-9-2-1-7(5-8(9)13(16,17)18)11(19)6-12-10(15)3-4-20-12/h1-5,11,19H,6H2. The van der Waals surface area contributed by atoms with Crippen LogP contribution >= 0.6 is 43.2 Å². The average molecular weight is 430 g/mol. The molecule has 7 heteroatoms. The highest BCUT2D eigenvalue weighted by molar-refractivity contribution is 9.10. The molecule has 0 bridgehead atoms. The van der Waals surface area contributed by atoms with Gasteiger partial charge in [0, 0.05) is 20.2 Å². The average Bonchev–Trinajstić information content (AvgIpc) is 2.74. The van der Waals surface area contributed by atoms with Crippen molar-refractivity contribution < 1.29 is 18.3 Å². The Morgan fingerprint density at radius 3 is 2.40 bits per heavy atom. The van der Waals surface area contributed by atoms with Crippen molar-refractivity contribution in [2.45, 2.75) is 18.7 Å². The van der Waals surface area contributed by atoms with Gasteiger partial charge in [0.25, 0.3) is 0 Å². The number of alkyl halides is 3. The fraction of sp³-hybridized carbons (Fsp3) is 0.231. The summed E-state index contributed by atoms with van der Waals surface area (Å²) in [7, 11) is 0. The van der Waals surface area contributed by atoms with Crippen LogP contribution in [0.1, 0.15) is 22.1 Å². The molecule has 1 N–H and O–H groups in total. The van der Waals surface area contributed by atoms with Crippen molar-refractivity contribution in [2.75, 3.05) is 0 Å². The lowest BCUT2D eigenvalue weighted by Gasteiger charge is -2.15. The van der Waals surface area contributed by atoms with Gasteiger partial charge in [0.1, 0.15) is 0 Å². The van der Waals surface area contributed by atoms with Crippen molar-refractivity contribution in [3.05, 3.63) is 54.6 Å². The molecular weight excluding hydrogens is 421 g/mol. The summed E-state index contributed by atoms with van der Waals surface area (Å²) >= 11 is 7.66. The van der Waals surface area contributed by atoms with Gasteiger partial charge >= 0.3 is 6.18 Å². The van der Waals surface area contributed by atoms with Crippen LogP contribution < -0.4 is 0 Å². The van der Waals surface area contributed by atoms with E-state index < -0.39 is 17.8 Å². The van der Waals surface area contributed by atoms with E-state index in [-0.39, 0.29) is 16.5 Å². The molecule has 1 unspecified atom stereocenters. The normalized spacial score (nSPS) is 13.5. The summed E-state index contributed by atoms with van der Waals surface area (Å²) in [5.74, 6) is 0. The number of thiophene rings is 1. The second kappa shape index (κ2) is 6.17.